The number of hydrogen-bond donors (Lipinski definition) is 0. The summed E-state index contributed by atoms with van der Waals surface area (Å²) in [4.78, 5) is 116. The van der Waals surface area contributed by atoms with Crippen molar-refractivity contribution in [3.8, 4) is 0 Å². The lowest BCUT2D eigenvalue weighted by Crippen LogP contribution is -2.44. The summed E-state index contributed by atoms with van der Waals surface area (Å²) in [6.07, 6.45) is -0.167. The van der Waals surface area contributed by atoms with Gasteiger partial charge in [-0.1, -0.05) is 194 Å². The molecule has 0 aromatic heterocycles. The minimum Gasteiger partial charge on any atom is -0.465 e. The highest BCUT2D eigenvalue weighted by atomic mass is 16.6. The zero-order valence-electron chi connectivity index (χ0n) is 64.0. The van der Waals surface area contributed by atoms with Crippen LogP contribution in [0.1, 0.15) is 172 Å². The van der Waals surface area contributed by atoms with E-state index in [2.05, 4.69) is 0 Å². The van der Waals surface area contributed by atoms with Crippen LogP contribution in [-0.4, -0.2) is 96.6 Å². The largest absolute Gasteiger partial charge is 0.465 e. The Bertz CT molecular complexity index is 4660. The first-order valence-electron chi connectivity index (χ1n) is 37.1. The van der Waals surface area contributed by atoms with Gasteiger partial charge in [-0.05, 0) is 217 Å². The maximum atomic E-state index is 14.8. The second-order valence-corrected chi connectivity index (χ2v) is 31.9. The molecule has 0 heterocycles. The summed E-state index contributed by atoms with van der Waals surface area (Å²) in [5, 5.41) is 11.0. The van der Waals surface area contributed by atoms with Crippen LogP contribution in [0.4, 0.5) is 0 Å². The number of carbonyl (C=O) groups excluding carboxylic acids is 8. The van der Waals surface area contributed by atoms with Crippen LogP contribution in [0.25, 0.3) is 86.2 Å². The van der Waals surface area contributed by atoms with Crippen LogP contribution in [0, 0.1) is 5.41 Å². The molecule has 0 amide bonds. The van der Waals surface area contributed by atoms with Gasteiger partial charge in [0.15, 0.2) is 0 Å². The van der Waals surface area contributed by atoms with Crippen molar-refractivity contribution < 1.29 is 76.3 Å². The molecule has 0 saturated heterocycles. The van der Waals surface area contributed by atoms with Crippen molar-refractivity contribution in [2.24, 2.45) is 5.41 Å². The summed E-state index contributed by atoms with van der Waals surface area (Å²) in [7, 11) is 0. The van der Waals surface area contributed by atoms with E-state index in [1.807, 2.05) is 277 Å². The molecule has 12 rings (SSSR count). The number of ether oxygens (including phenoxy) is 8. The third-order valence-corrected chi connectivity index (χ3v) is 19.1. The van der Waals surface area contributed by atoms with E-state index in [1.165, 1.54) is 0 Å². The van der Waals surface area contributed by atoms with E-state index in [0.717, 1.165) is 65.3 Å². The SMILES string of the molecule is CC(C)(C)OC(=O)c1c2ccccc2c(CCC(=O)OCC(COC(=O)CCc2c3ccccc3c(C(=O)OC(C)(C)C)c3ccccc23)(COC(=O)CCc2c3ccccc3c(C(=O)OC(C)(C)C)c3ccccc23)COC(=O)CCc2c3ccccc3c(C(=O)OC(C)(C)C)c3ccccc23)c2ccccc12. The second kappa shape index (κ2) is 31.7. The van der Waals surface area contributed by atoms with Gasteiger partial charge in [0.1, 0.15) is 54.2 Å². The van der Waals surface area contributed by atoms with Crippen LogP contribution >= 0.6 is 0 Å². The quantitative estimate of drug-likeness (QED) is 0.0313. The topological polar surface area (TPSA) is 210 Å². The Kier molecular flexibility index (Phi) is 22.4. The Hall–Kier alpha value is -11.5. The zero-order chi connectivity index (χ0) is 77.7. The average Bonchev–Trinajstić information content (AvgIpc) is 0.767. The zero-order valence-corrected chi connectivity index (χ0v) is 64.0. The van der Waals surface area contributed by atoms with Gasteiger partial charge < -0.3 is 37.9 Å². The van der Waals surface area contributed by atoms with Crippen molar-refractivity contribution >= 4 is 134 Å². The van der Waals surface area contributed by atoms with Crippen LogP contribution in [0.5, 0.6) is 0 Å². The summed E-state index contributed by atoms with van der Waals surface area (Å²) < 4.78 is 49.1. The molecule has 560 valence electrons. The molecule has 0 aliphatic rings. The summed E-state index contributed by atoms with van der Waals surface area (Å²) in [6, 6.07) is 59.7. The summed E-state index contributed by atoms with van der Waals surface area (Å²) in [5.41, 5.74) is -0.242. The Morgan fingerprint density at radius 1 is 0.220 bits per heavy atom. The summed E-state index contributed by atoms with van der Waals surface area (Å²) in [5.74, 6) is -4.72. The Balaban J connectivity index is 0.890. The molecular formula is C93H92O16. The van der Waals surface area contributed by atoms with E-state index in [-0.39, 0.29) is 51.4 Å². The van der Waals surface area contributed by atoms with Gasteiger partial charge in [0.25, 0.3) is 0 Å². The van der Waals surface area contributed by atoms with Gasteiger partial charge in [0.05, 0.1) is 22.3 Å². The van der Waals surface area contributed by atoms with Crippen molar-refractivity contribution in [3.05, 3.63) is 239 Å². The van der Waals surface area contributed by atoms with Crippen LogP contribution in [0.2, 0.25) is 0 Å². The fraction of sp³-hybridized carbons (Fsp3) is 0.312. The molecule has 109 heavy (non-hydrogen) atoms. The minimum atomic E-state index is -1.76. The van der Waals surface area contributed by atoms with E-state index in [1.54, 1.807) is 0 Å². The second-order valence-electron chi connectivity index (χ2n) is 31.9. The maximum absolute atomic E-state index is 14.8. The molecule has 16 heteroatoms. The van der Waals surface area contributed by atoms with E-state index < -0.39 is 102 Å². The van der Waals surface area contributed by atoms with Gasteiger partial charge in [0, 0.05) is 25.7 Å². The molecule has 12 aromatic rings. The Morgan fingerprint density at radius 2 is 0.358 bits per heavy atom. The summed E-state index contributed by atoms with van der Waals surface area (Å²) in [6.45, 7) is 19.4. The smallest absolute Gasteiger partial charge is 0.339 e. The monoisotopic (exact) mass is 1460 g/mol. The Labute approximate surface area is 634 Å². The number of esters is 8. The van der Waals surface area contributed by atoms with Crippen molar-refractivity contribution in [2.75, 3.05) is 26.4 Å². The third kappa shape index (κ3) is 17.7. The molecule has 0 unspecified atom stereocenters. The highest BCUT2D eigenvalue weighted by molar-refractivity contribution is 6.22. The van der Waals surface area contributed by atoms with Crippen molar-refractivity contribution in [1.82, 2.24) is 0 Å². The van der Waals surface area contributed by atoms with Crippen LogP contribution < -0.4 is 0 Å². The van der Waals surface area contributed by atoms with Crippen LogP contribution in [-0.2, 0) is 82.8 Å². The van der Waals surface area contributed by atoms with Gasteiger partial charge in [-0.3, -0.25) is 19.2 Å². The van der Waals surface area contributed by atoms with Gasteiger partial charge in [-0.25, -0.2) is 19.2 Å². The standard InChI is InChI=1S/C93H92O16/c1-89(2,3)106-85(98)81-69-37-21-13-29-57(69)65(58-30-14-22-38-70(58)81)45-49-77(94)102-53-93(54-103-78(95)50-46-66-59-31-15-23-39-71(59)82(86(99)107-90(4,5)6)72-40-24-16-32-60(66)72,55-104-79(96)51-47-67-61-33-17-25-41-73(61)83(87(100)108-91(7,8)9)74-42-26-18-34-62(67)74)56-105-80(97)52-48-68-63-35-19-27-43-75(63)84(88(101)109-92(10,11)12)76-44-28-20-36-64(68)76/h13-44H,45-56H2,1-12H3. The fourth-order valence-corrected chi connectivity index (χ4v) is 14.5. The first kappa shape index (κ1) is 77.1. The fourth-order valence-electron chi connectivity index (χ4n) is 14.5. The summed E-state index contributed by atoms with van der Waals surface area (Å²) >= 11 is 0. The van der Waals surface area contributed by atoms with Crippen molar-refractivity contribution in [2.45, 2.75) is 157 Å². The molecule has 0 atom stereocenters. The van der Waals surface area contributed by atoms with Gasteiger partial charge in [-0.2, -0.15) is 0 Å². The number of aryl methyl sites for hydroxylation is 4. The molecule has 0 radical (unpaired) electrons. The molecule has 0 aliphatic heterocycles. The highest BCUT2D eigenvalue weighted by Crippen LogP contribution is 2.41. The van der Waals surface area contributed by atoms with Gasteiger partial charge in [-0.15, -0.1) is 0 Å². The molecule has 0 N–H and O–H groups in total. The molecule has 0 fully saturated rings. The number of carbonyl (C=O) groups is 8. The first-order valence-corrected chi connectivity index (χ1v) is 37.1. The van der Waals surface area contributed by atoms with Gasteiger partial charge in [0.2, 0.25) is 0 Å². The lowest BCUT2D eigenvalue weighted by Gasteiger charge is -2.32. The van der Waals surface area contributed by atoms with E-state index in [9.17, 15) is 38.4 Å². The molecule has 12 aromatic carbocycles. The average molecular weight is 1470 g/mol. The van der Waals surface area contributed by atoms with Crippen LogP contribution in [0.3, 0.4) is 0 Å². The Morgan fingerprint density at radius 3 is 0.495 bits per heavy atom. The van der Waals surface area contributed by atoms with Crippen molar-refractivity contribution in [1.29, 1.82) is 0 Å². The molecule has 16 nitrogen and oxygen atoms in total. The third-order valence-electron chi connectivity index (χ3n) is 19.1. The van der Waals surface area contributed by atoms with Gasteiger partial charge >= 0.3 is 47.8 Å². The van der Waals surface area contributed by atoms with Crippen molar-refractivity contribution in [3.63, 3.8) is 0 Å². The molecule has 0 aliphatic carbocycles. The lowest BCUT2D eigenvalue weighted by atomic mass is 9.89. The molecule has 0 saturated carbocycles. The van der Waals surface area contributed by atoms with Crippen LogP contribution in [0.15, 0.2) is 194 Å². The van der Waals surface area contributed by atoms with E-state index in [4.69, 9.17) is 37.9 Å². The number of benzene rings is 12. The van der Waals surface area contributed by atoms with E-state index in [0.29, 0.717) is 65.3 Å². The maximum Gasteiger partial charge on any atom is 0.339 e. The molecular weight excluding hydrogens is 1370 g/mol. The minimum absolute atomic E-state index is 0.146. The number of fused-ring (bicyclic) bond motifs is 8. The first-order chi connectivity index (χ1) is 51.8. The lowest BCUT2D eigenvalue weighted by molar-refractivity contribution is -0.170. The highest BCUT2D eigenvalue weighted by Gasteiger charge is 2.39. The molecule has 0 spiro atoms. The predicted octanol–water partition coefficient (Wildman–Crippen LogP) is 19.7. The number of hydrogen-bond acceptors (Lipinski definition) is 16. The predicted molar refractivity (Wildman–Crippen MR) is 426 cm³/mol. The normalized spacial score (nSPS) is 12.2. The number of rotatable bonds is 24. The molecule has 0 bridgehead atoms. The van der Waals surface area contributed by atoms with E-state index >= 15 is 0 Å².